The summed E-state index contributed by atoms with van der Waals surface area (Å²) >= 11 is 1.53. The summed E-state index contributed by atoms with van der Waals surface area (Å²) in [6.07, 6.45) is 8.49. The molecule has 4 rings (SSSR count). The van der Waals surface area contributed by atoms with Gasteiger partial charge in [-0.05, 0) is 38.0 Å². The molecule has 6 nitrogen and oxygen atoms in total. The molecular formula is C20H31N3O3S. The number of likely N-dealkylation sites (tertiary alicyclic amines) is 1. The number of amides is 1. The normalized spacial score (nSPS) is 28.5. The minimum Gasteiger partial charge on any atom is -0.392 e. The molecule has 2 N–H and O–H groups in total. The minimum absolute atomic E-state index is 0.0249. The molecule has 0 bridgehead atoms. The molecule has 27 heavy (non-hydrogen) atoms. The third kappa shape index (κ3) is 4.88. The van der Waals surface area contributed by atoms with Crippen molar-refractivity contribution in [3.05, 3.63) is 11.1 Å². The van der Waals surface area contributed by atoms with Crippen molar-refractivity contribution in [2.45, 2.75) is 69.4 Å². The van der Waals surface area contributed by atoms with Gasteiger partial charge in [0.2, 0.25) is 5.91 Å². The number of nitrogens with zero attached hydrogens (tertiary/aromatic N) is 2. The largest absolute Gasteiger partial charge is 0.392 e. The van der Waals surface area contributed by atoms with Crippen molar-refractivity contribution >= 4 is 22.4 Å². The number of nitrogens with one attached hydrogen (secondary N) is 1. The zero-order chi connectivity index (χ0) is 18.6. The molecule has 2 aliphatic heterocycles. The summed E-state index contributed by atoms with van der Waals surface area (Å²) in [5.74, 6) is 1.08. The second kappa shape index (κ2) is 8.99. The van der Waals surface area contributed by atoms with E-state index in [1.807, 2.05) is 0 Å². The van der Waals surface area contributed by atoms with Crippen LogP contribution in [-0.2, 0) is 9.53 Å². The lowest BCUT2D eigenvalue weighted by molar-refractivity contribution is -0.120. The molecule has 1 aliphatic carbocycles. The van der Waals surface area contributed by atoms with Gasteiger partial charge in [-0.2, -0.15) is 0 Å². The van der Waals surface area contributed by atoms with Crippen LogP contribution in [0.1, 0.15) is 63.0 Å². The average Bonchev–Trinajstić information content (AvgIpc) is 3.30. The van der Waals surface area contributed by atoms with Gasteiger partial charge in [0.25, 0.3) is 0 Å². The van der Waals surface area contributed by atoms with E-state index in [1.165, 1.54) is 43.4 Å². The maximum Gasteiger partial charge on any atom is 0.243 e. The maximum atomic E-state index is 12.9. The van der Waals surface area contributed by atoms with Crippen LogP contribution < -0.4 is 5.32 Å². The molecule has 0 aromatic carbocycles. The zero-order valence-electron chi connectivity index (χ0n) is 15.9. The first-order chi connectivity index (χ1) is 13.2. The van der Waals surface area contributed by atoms with E-state index in [2.05, 4.69) is 15.6 Å². The number of rotatable bonds is 5. The SMILES string of the molecule is O=C(Nc1nc(C2CCCCC2)cs1)C1CC(O)CN1CC1CCOCC1. The summed E-state index contributed by atoms with van der Waals surface area (Å²) in [5, 5.41) is 16.0. The Morgan fingerprint density at radius 1 is 1.26 bits per heavy atom. The van der Waals surface area contributed by atoms with Crippen LogP contribution in [0.2, 0.25) is 0 Å². The lowest BCUT2D eigenvalue weighted by atomic mass is 9.87. The summed E-state index contributed by atoms with van der Waals surface area (Å²) in [7, 11) is 0. The number of aliphatic hydroxyl groups excluding tert-OH is 1. The molecule has 2 atom stereocenters. The molecule has 3 heterocycles. The number of carbonyl (C=O) groups excluding carboxylic acids is 1. The Labute approximate surface area is 165 Å². The van der Waals surface area contributed by atoms with Gasteiger partial charge in [0, 0.05) is 37.6 Å². The number of aromatic nitrogens is 1. The van der Waals surface area contributed by atoms with Crippen molar-refractivity contribution < 1.29 is 14.6 Å². The third-order valence-corrected chi connectivity index (χ3v) is 7.07. The minimum atomic E-state index is -0.422. The van der Waals surface area contributed by atoms with E-state index in [4.69, 9.17) is 9.72 Å². The molecule has 1 amide bonds. The lowest BCUT2D eigenvalue weighted by Crippen LogP contribution is -2.42. The Balaban J connectivity index is 1.35. The van der Waals surface area contributed by atoms with Gasteiger partial charge in [0.1, 0.15) is 0 Å². The topological polar surface area (TPSA) is 74.7 Å². The van der Waals surface area contributed by atoms with Crippen LogP contribution in [0, 0.1) is 5.92 Å². The van der Waals surface area contributed by atoms with Crippen LogP contribution >= 0.6 is 11.3 Å². The summed E-state index contributed by atoms with van der Waals surface area (Å²) in [6, 6.07) is -0.259. The Bertz CT molecular complexity index is 626. The van der Waals surface area contributed by atoms with Gasteiger partial charge in [0.05, 0.1) is 17.8 Å². The fraction of sp³-hybridized carbons (Fsp3) is 0.800. The second-order valence-electron chi connectivity index (χ2n) is 8.32. The van der Waals surface area contributed by atoms with E-state index in [-0.39, 0.29) is 11.9 Å². The zero-order valence-corrected chi connectivity index (χ0v) is 16.8. The molecule has 1 aromatic rings. The molecule has 1 saturated carbocycles. The van der Waals surface area contributed by atoms with Crippen molar-refractivity contribution in [3.8, 4) is 0 Å². The van der Waals surface area contributed by atoms with Gasteiger partial charge in [-0.25, -0.2) is 4.98 Å². The first-order valence-corrected chi connectivity index (χ1v) is 11.3. The van der Waals surface area contributed by atoms with Gasteiger partial charge in [0.15, 0.2) is 5.13 Å². The molecule has 150 valence electrons. The van der Waals surface area contributed by atoms with E-state index in [9.17, 15) is 9.90 Å². The molecule has 2 unspecified atom stereocenters. The van der Waals surface area contributed by atoms with E-state index in [0.29, 0.717) is 29.9 Å². The fourth-order valence-corrected chi connectivity index (χ4v) is 5.53. The maximum absolute atomic E-state index is 12.9. The van der Waals surface area contributed by atoms with Crippen LogP contribution in [0.3, 0.4) is 0 Å². The molecule has 7 heteroatoms. The summed E-state index contributed by atoms with van der Waals surface area (Å²) in [5.41, 5.74) is 1.14. The first kappa shape index (κ1) is 19.3. The Hall–Kier alpha value is -1.02. The van der Waals surface area contributed by atoms with Crippen molar-refractivity contribution in [2.75, 3.05) is 31.6 Å². The van der Waals surface area contributed by atoms with Gasteiger partial charge >= 0.3 is 0 Å². The van der Waals surface area contributed by atoms with Crippen molar-refractivity contribution in [2.24, 2.45) is 5.92 Å². The first-order valence-electron chi connectivity index (χ1n) is 10.4. The molecule has 2 saturated heterocycles. The number of ether oxygens (including phenoxy) is 1. The van der Waals surface area contributed by atoms with Crippen LogP contribution in [-0.4, -0.2) is 59.3 Å². The van der Waals surface area contributed by atoms with E-state index >= 15 is 0 Å². The van der Waals surface area contributed by atoms with Crippen molar-refractivity contribution in [3.63, 3.8) is 0 Å². The number of carbonyl (C=O) groups is 1. The Morgan fingerprint density at radius 2 is 2.04 bits per heavy atom. The highest BCUT2D eigenvalue weighted by Gasteiger charge is 2.37. The standard InChI is InChI=1S/C20H31N3O3S/c24-16-10-18(23(12-16)11-14-6-8-26-9-7-14)19(25)22-20-21-17(13-27-20)15-4-2-1-3-5-15/h13-16,18,24H,1-12H2,(H,21,22,25). The monoisotopic (exact) mass is 393 g/mol. The van der Waals surface area contributed by atoms with Crippen molar-refractivity contribution in [1.82, 2.24) is 9.88 Å². The number of anilines is 1. The third-order valence-electron chi connectivity index (χ3n) is 6.29. The Kier molecular flexibility index (Phi) is 6.42. The second-order valence-corrected chi connectivity index (χ2v) is 9.17. The van der Waals surface area contributed by atoms with Crippen LogP contribution in [0.5, 0.6) is 0 Å². The molecule has 0 radical (unpaired) electrons. The van der Waals surface area contributed by atoms with Crippen LogP contribution in [0.4, 0.5) is 5.13 Å². The van der Waals surface area contributed by atoms with Gasteiger partial charge < -0.3 is 15.2 Å². The molecule has 0 spiro atoms. The van der Waals surface area contributed by atoms with E-state index in [1.54, 1.807) is 0 Å². The number of β-amino-alcohol motifs (C(OH)–C–C–N with tert-alkyl or cyclic N) is 1. The van der Waals surface area contributed by atoms with Gasteiger partial charge in [-0.3, -0.25) is 9.69 Å². The van der Waals surface area contributed by atoms with Gasteiger partial charge in [-0.1, -0.05) is 19.3 Å². The van der Waals surface area contributed by atoms with E-state index in [0.717, 1.165) is 38.3 Å². The smallest absolute Gasteiger partial charge is 0.243 e. The molecule has 3 fully saturated rings. The van der Waals surface area contributed by atoms with E-state index < -0.39 is 6.10 Å². The number of hydrogen-bond donors (Lipinski definition) is 2. The fourth-order valence-electron chi connectivity index (χ4n) is 4.73. The highest BCUT2D eigenvalue weighted by Crippen LogP contribution is 2.34. The summed E-state index contributed by atoms with van der Waals surface area (Å²) in [4.78, 5) is 19.7. The predicted octanol–water partition coefficient (Wildman–Crippen LogP) is 2.99. The Morgan fingerprint density at radius 3 is 2.81 bits per heavy atom. The lowest BCUT2D eigenvalue weighted by Gasteiger charge is -2.30. The van der Waals surface area contributed by atoms with Gasteiger partial charge in [-0.15, -0.1) is 11.3 Å². The highest BCUT2D eigenvalue weighted by atomic mass is 32.1. The van der Waals surface area contributed by atoms with Crippen LogP contribution in [0.15, 0.2) is 5.38 Å². The highest BCUT2D eigenvalue weighted by molar-refractivity contribution is 7.13. The number of hydrogen-bond acceptors (Lipinski definition) is 6. The number of aliphatic hydroxyl groups is 1. The van der Waals surface area contributed by atoms with Crippen molar-refractivity contribution in [1.29, 1.82) is 0 Å². The summed E-state index contributed by atoms with van der Waals surface area (Å²) < 4.78 is 5.44. The molecule has 3 aliphatic rings. The average molecular weight is 394 g/mol. The number of thiazole rings is 1. The molecule has 1 aromatic heterocycles. The van der Waals surface area contributed by atoms with Crippen LogP contribution in [0.25, 0.3) is 0 Å². The summed E-state index contributed by atoms with van der Waals surface area (Å²) in [6.45, 7) is 3.06. The quantitative estimate of drug-likeness (QED) is 0.804. The molecular weight excluding hydrogens is 362 g/mol. The predicted molar refractivity (Wildman–Crippen MR) is 106 cm³/mol.